The van der Waals surface area contributed by atoms with Crippen LogP contribution in [-0.2, 0) is 6.42 Å². The van der Waals surface area contributed by atoms with E-state index in [9.17, 15) is 5.11 Å². The molecule has 7 nitrogen and oxygen atoms in total. The molecule has 0 amide bonds. The highest BCUT2D eigenvalue weighted by molar-refractivity contribution is 14.1. The summed E-state index contributed by atoms with van der Waals surface area (Å²) >= 11 is 4.25. The molecule has 0 aliphatic heterocycles. The lowest BCUT2D eigenvalue weighted by Crippen LogP contribution is -2.14. The van der Waals surface area contributed by atoms with E-state index >= 15 is 0 Å². The number of nitrogens with zero attached hydrogens (tertiary/aromatic N) is 4. The Kier molecular flexibility index (Phi) is 5.01. The molecule has 1 aromatic carbocycles. The van der Waals surface area contributed by atoms with Crippen LogP contribution in [0.15, 0.2) is 17.2 Å². The molecular weight excluding hydrogens is 486 g/mol. The maximum Gasteiger partial charge on any atom is 0.263 e. The summed E-state index contributed by atoms with van der Waals surface area (Å²) in [5, 5.41) is 21.7. The van der Waals surface area contributed by atoms with Crippen LogP contribution in [0.2, 0.25) is 0 Å². The van der Waals surface area contributed by atoms with Crippen molar-refractivity contribution in [1.82, 2.24) is 14.9 Å². The first-order chi connectivity index (χ1) is 9.52. The first-order valence-electron chi connectivity index (χ1n) is 5.69. The van der Waals surface area contributed by atoms with Crippen LogP contribution in [0, 0.1) is 7.14 Å². The normalized spacial score (nSPS) is 11.2. The molecule has 0 aliphatic carbocycles. The summed E-state index contributed by atoms with van der Waals surface area (Å²) in [5.41, 5.74) is 3.32. The molecule has 0 spiro atoms. The van der Waals surface area contributed by atoms with E-state index in [0.717, 1.165) is 7.14 Å². The van der Waals surface area contributed by atoms with Gasteiger partial charge in [-0.2, -0.15) is 5.10 Å². The van der Waals surface area contributed by atoms with Gasteiger partial charge in [0.25, 0.3) is 5.95 Å². The second kappa shape index (κ2) is 6.56. The molecule has 4 N–H and O–H groups in total. The number of aromatic nitrogens is 3. The molecule has 20 heavy (non-hydrogen) atoms. The topological polar surface area (TPSA) is 101 Å². The fraction of sp³-hybridized carbons (Fsp3) is 0.182. The molecule has 0 aliphatic rings. The predicted molar refractivity (Wildman–Crippen MR) is 94.3 cm³/mol. The minimum Gasteiger partial charge on any atom is -0.506 e. The molecule has 1 aromatic heterocycles. The number of nitrogens with two attached hydrogens (primary N) is 1. The maximum absolute atomic E-state index is 9.93. The smallest absolute Gasteiger partial charge is 0.263 e. The lowest BCUT2D eigenvalue weighted by molar-refractivity contribution is 0.470. The van der Waals surface area contributed by atoms with Crippen molar-refractivity contribution in [3.05, 3.63) is 30.7 Å². The number of hydrogen-bond acceptors (Lipinski definition) is 6. The maximum atomic E-state index is 9.93. The Bertz CT molecular complexity index is 655. The van der Waals surface area contributed by atoms with Crippen molar-refractivity contribution in [3.63, 3.8) is 0 Å². The number of phenols is 1. The lowest BCUT2D eigenvalue weighted by atomic mass is 10.2. The van der Waals surface area contributed by atoms with Crippen LogP contribution in [0.3, 0.4) is 0 Å². The van der Waals surface area contributed by atoms with Crippen LogP contribution in [0.5, 0.6) is 5.75 Å². The molecule has 106 valence electrons. The van der Waals surface area contributed by atoms with Gasteiger partial charge in [-0.15, -0.1) is 10.2 Å². The molecule has 0 unspecified atom stereocenters. The summed E-state index contributed by atoms with van der Waals surface area (Å²) in [6, 6.07) is 3.71. The summed E-state index contributed by atoms with van der Waals surface area (Å²) < 4.78 is 3.13. The molecule has 2 rings (SSSR count). The summed E-state index contributed by atoms with van der Waals surface area (Å²) in [6.45, 7) is 1.94. The predicted octanol–water partition coefficient (Wildman–Crippen LogP) is 1.92. The minimum atomic E-state index is 0.194. The van der Waals surface area contributed by atoms with Crippen LogP contribution < -0.4 is 11.3 Å². The second-order valence-corrected chi connectivity index (χ2v) is 6.27. The number of hydrazone groups is 1. The zero-order chi connectivity index (χ0) is 14.7. The third kappa shape index (κ3) is 3.31. The van der Waals surface area contributed by atoms with Crippen molar-refractivity contribution in [2.24, 2.45) is 5.10 Å². The van der Waals surface area contributed by atoms with Crippen LogP contribution in [0.1, 0.15) is 18.3 Å². The average molecular weight is 498 g/mol. The molecule has 0 saturated carbocycles. The van der Waals surface area contributed by atoms with E-state index in [1.54, 1.807) is 0 Å². The van der Waals surface area contributed by atoms with E-state index < -0.39 is 0 Å². The number of hydrogen-bond donors (Lipinski definition) is 3. The highest BCUT2D eigenvalue weighted by Gasteiger charge is 2.07. The van der Waals surface area contributed by atoms with Crippen molar-refractivity contribution in [3.8, 4) is 5.75 Å². The standard InChI is InChI=1S/C11H12I2N6O/c1-2-9-16-18-11(19(9)14)17-15-5-6-3-7(12)4-8(13)10(6)20/h3-5,20H,2,14H2,1H3,(H,17,18). The quantitative estimate of drug-likeness (QED) is 0.259. The molecule has 0 fully saturated rings. The van der Waals surface area contributed by atoms with Gasteiger partial charge in [0, 0.05) is 15.6 Å². The Balaban J connectivity index is 2.16. The molecule has 0 saturated heterocycles. The van der Waals surface area contributed by atoms with Crippen molar-refractivity contribution >= 4 is 57.3 Å². The number of phenolic OH excluding ortho intramolecular Hbond substituents is 1. The highest BCUT2D eigenvalue weighted by atomic mass is 127. The third-order valence-corrected chi connectivity index (χ3v) is 3.95. The number of nitrogens with one attached hydrogen (secondary N) is 1. The van der Waals surface area contributed by atoms with Gasteiger partial charge in [0.2, 0.25) is 0 Å². The van der Waals surface area contributed by atoms with Gasteiger partial charge in [-0.3, -0.25) is 0 Å². The van der Waals surface area contributed by atoms with E-state index in [0.29, 0.717) is 23.8 Å². The van der Waals surface area contributed by atoms with E-state index in [2.05, 4.69) is 65.9 Å². The average Bonchev–Trinajstić information content (AvgIpc) is 2.76. The molecule has 0 atom stereocenters. The Morgan fingerprint density at radius 2 is 2.20 bits per heavy atom. The molecule has 9 heteroatoms. The van der Waals surface area contributed by atoms with E-state index in [4.69, 9.17) is 5.84 Å². The minimum absolute atomic E-state index is 0.194. The van der Waals surface area contributed by atoms with Gasteiger partial charge in [0.1, 0.15) is 5.75 Å². The number of aryl methyl sites for hydroxylation is 1. The number of halogens is 2. The summed E-state index contributed by atoms with van der Waals surface area (Å²) in [7, 11) is 0. The van der Waals surface area contributed by atoms with Gasteiger partial charge in [-0.05, 0) is 57.3 Å². The van der Waals surface area contributed by atoms with Gasteiger partial charge in [-0.1, -0.05) is 6.92 Å². The van der Waals surface area contributed by atoms with E-state index in [1.807, 2.05) is 19.1 Å². The monoisotopic (exact) mass is 498 g/mol. The van der Waals surface area contributed by atoms with E-state index in [-0.39, 0.29) is 5.75 Å². The van der Waals surface area contributed by atoms with Crippen molar-refractivity contribution < 1.29 is 5.11 Å². The number of rotatable bonds is 4. The fourth-order valence-electron chi connectivity index (χ4n) is 1.48. The number of nitrogen functional groups attached to an aromatic ring is 1. The molecule has 2 aromatic rings. The van der Waals surface area contributed by atoms with E-state index in [1.165, 1.54) is 10.9 Å². The number of anilines is 1. The zero-order valence-corrected chi connectivity index (χ0v) is 14.8. The van der Waals surface area contributed by atoms with Crippen LogP contribution in [0.4, 0.5) is 5.95 Å². The number of benzene rings is 1. The van der Waals surface area contributed by atoms with Gasteiger partial charge in [0.15, 0.2) is 5.82 Å². The SMILES string of the molecule is CCc1nnc(NN=Cc2cc(I)cc(I)c2O)n1N. The molecular formula is C11H12I2N6O. The Morgan fingerprint density at radius 1 is 1.45 bits per heavy atom. The lowest BCUT2D eigenvalue weighted by Gasteiger charge is -2.03. The summed E-state index contributed by atoms with van der Waals surface area (Å²) in [6.07, 6.45) is 2.20. The number of aromatic hydroxyl groups is 1. The first-order valence-corrected chi connectivity index (χ1v) is 7.85. The molecule has 0 bridgehead atoms. The van der Waals surface area contributed by atoms with Gasteiger partial charge >= 0.3 is 0 Å². The van der Waals surface area contributed by atoms with Crippen molar-refractivity contribution in [2.45, 2.75) is 13.3 Å². The van der Waals surface area contributed by atoms with Crippen molar-refractivity contribution in [2.75, 3.05) is 11.3 Å². The summed E-state index contributed by atoms with van der Waals surface area (Å²) in [5.74, 6) is 6.98. The molecule has 0 radical (unpaired) electrons. The largest absolute Gasteiger partial charge is 0.506 e. The third-order valence-electron chi connectivity index (χ3n) is 2.51. The van der Waals surface area contributed by atoms with Gasteiger partial charge in [-0.25, -0.2) is 10.1 Å². The summed E-state index contributed by atoms with van der Waals surface area (Å²) in [4.78, 5) is 0. The van der Waals surface area contributed by atoms with Crippen LogP contribution in [-0.4, -0.2) is 26.2 Å². The Hall–Kier alpha value is -1.11. The van der Waals surface area contributed by atoms with Crippen LogP contribution >= 0.6 is 45.2 Å². The first kappa shape index (κ1) is 15.3. The van der Waals surface area contributed by atoms with Gasteiger partial charge in [0.05, 0.1) is 9.78 Å². The molecule has 1 heterocycles. The highest BCUT2D eigenvalue weighted by Crippen LogP contribution is 2.25. The Morgan fingerprint density at radius 3 is 2.85 bits per heavy atom. The van der Waals surface area contributed by atoms with Gasteiger partial charge < -0.3 is 10.9 Å². The van der Waals surface area contributed by atoms with Crippen molar-refractivity contribution in [1.29, 1.82) is 0 Å². The fourth-order valence-corrected chi connectivity index (χ4v) is 3.37. The Labute approximate surface area is 142 Å². The van der Waals surface area contributed by atoms with Crippen LogP contribution in [0.25, 0.3) is 0 Å². The zero-order valence-electron chi connectivity index (χ0n) is 10.5. The second-order valence-electron chi connectivity index (χ2n) is 3.86.